The van der Waals surface area contributed by atoms with Crippen LogP contribution in [0.5, 0.6) is 0 Å². The molecule has 0 bridgehead atoms. The van der Waals surface area contributed by atoms with E-state index in [2.05, 4.69) is 19.2 Å². The van der Waals surface area contributed by atoms with Gasteiger partial charge in [-0.15, -0.1) is 0 Å². The van der Waals surface area contributed by atoms with Crippen LogP contribution in [0.25, 0.3) is 0 Å². The lowest BCUT2D eigenvalue weighted by Crippen LogP contribution is -2.29. The van der Waals surface area contributed by atoms with Crippen molar-refractivity contribution >= 4 is 0 Å². The molecule has 0 aromatic rings. The molecule has 0 heterocycles. The van der Waals surface area contributed by atoms with Crippen LogP contribution < -0.4 is 5.32 Å². The van der Waals surface area contributed by atoms with Gasteiger partial charge < -0.3 is 19.5 Å². The monoisotopic (exact) mass is 219 g/mol. The van der Waals surface area contributed by atoms with Crippen LogP contribution in [-0.4, -0.2) is 52.7 Å². The highest BCUT2D eigenvalue weighted by atomic mass is 16.5. The van der Waals surface area contributed by atoms with E-state index in [1.54, 1.807) is 7.11 Å². The summed E-state index contributed by atoms with van der Waals surface area (Å²) in [5.74, 6) is 0. The van der Waals surface area contributed by atoms with E-state index in [-0.39, 0.29) is 0 Å². The average molecular weight is 219 g/mol. The molecule has 0 rings (SSSR count). The molecule has 1 atom stereocenters. The molecule has 92 valence electrons. The lowest BCUT2D eigenvalue weighted by atomic mass is 10.3. The number of rotatable bonds is 11. The maximum Gasteiger partial charge on any atom is 0.0704 e. The molecule has 0 aliphatic rings. The van der Waals surface area contributed by atoms with Crippen molar-refractivity contribution in [3.8, 4) is 0 Å². The van der Waals surface area contributed by atoms with Gasteiger partial charge in [0, 0.05) is 13.7 Å². The summed E-state index contributed by atoms with van der Waals surface area (Å²) >= 11 is 0. The Kier molecular flexibility index (Phi) is 11.8. The lowest BCUT2D eigenvalue weighted by Gasteiger charge is -2.16. The zero-order chi connectivity index (χ0) is 11.4. The van der Waals surface area contributed by atoms with Crippen LogP contribution in [0.3, 0.4) is 0 Å². The topological polar surface area (TPSA) is 39.7 Å². The van der Waals surface area contributed by atoms with Crippen LogP contribution in [0.1, 0.15) is 20.3 Å². The fourth-order valence-electron chi connectivity index (χ4n) is 1.14. The summed E-state index contributed by atoms with van der Waals surface area (Å²) in [4.78, 5) is 0. The predicted molar refractivity (Wildman–Crippen MR) is 61.3 cm³/mol. The van der Waals surface area contributed by atoms with E-state index in [0.717, 1.165) is 19.5 Å². The van der Waals surface area contributed by atoms with Gasteiger partial charge in [-0.1, -0.05) is 13.8 Å². The van der Waals surface area contributed by atoms with Gasteiger partial charge in [-0.3, -0.25) is 0 Å². The molecule has 0 saturated heterocycles. The standard InChI is InChI=1S/C11H25NO3/c1-4-11(10-12-5-2)15-9-8-14-7-6-13-3/h11-12H,4-10H2,1-3H3. The zero-order valence-corrected chi connectivity index (χ0v) is 10.3. The summed E-state index contributed by atoms with van der Waals surface area (Å²) in [5, 5.41) is 3.27. The quantitative estimate of drug-likeness (QED) is 0.527. The third-order valence-corrected chi connectivity index (χ3v) is 2.09. The maximum atomic E-state index is 5.65. The highest BCUT2D eigenvalue weighted by Gasteiger charge is 2.04. The normalized spacial score (nSPS) is 13.0. The summed E-state index contributed by atoms with van der Waals surface area (Å²) < 4.78 is 15.8. The van der Waals surface area contributed by atoms with E-state index in [1.165, 1.54) is 0 Å². The number of methoxy groups -OCH3 is 1. The Labute approximate surface area is 93.3 Å². The molecular formula is C11H25NO3. The van der Waals surface area contributed by atoms with Gasteiger partial charge in [0.1, 0.15) is 0 Å². The average Bonchev–Trinajstić information content (AvgIpc) is 2.27. The van der Waals surface area contributed by atoms with Gasteiger partial charge in [-0.2, -0.15) is 0 Å². The Balaban J connectivity index is 3.22. The summed E-state index contributed by atoms with van der Waals surface area (Å²) in [5.41, 5.74) is 0. The molecule has 0 aromatic heterocycles. The predicted octanol–water partition coefficient (Wildman–Crippen LogP) is 1.05. The molecule has 0 saturated carbocycles. The molecule has 1 N–H and O–H groups in total. The van der Waals surface area contributed by atoms with E-state index >= 15 is 0 Å². The summed E-state index contributed by atoms with van der Waals surface area (Å²) in [6, 6.07) is 0. The van der Waals surface area contributed by atoms with Crippen LogP contribution in [0.15, 0.2) is 0 Å². The van der Waals surface area contributed by atoms with Gasteiger partial charge in [-0.05, 0) is 13.0 Å². The highest BCUT2D eigenvalue weighted by molar-refractivity contribution is 4.58. The fraction of sp³-hybridized carbons (Fsp3) is 1.00. The zero-order valence-electron chi connectivity index (χ0n) is 10.3. The van der Waals surface area contributed by atoms with Crippen LogP contribution in [0.2, 0.25) is 0 Å². The Morgan fingerprint density at radius 3 is 2.40 bits per heavy atom. The van der Waals surface area contributed by atoms with Crippen LogP contribution in [0.4, 0.5) is 0 Å². The summed E-state index contributed by atoms with van der Waals surface area (Å²) in [6.45, 7) is 8.74. The molecule has 0 radical (unpaired) electrons. The number of ether oxygens (including phenoxy) is 3. The van der Waals surface area contributed by atoms with Crippen molar-refractivity contribution in [1.29, 1.82) is 0 Å². The third-order valence-electron chi connectivity index (χ3n) is 2.09. The van der Waals surface area contributed by atoms with E-state index in [0.29, 0.717) is 32.5 Å². The molecule has 0 spiro atoms. The minimum absolute atomic E-state index is 0.302. The number of nitrogens with one attached hydrogen (secondary N) is 1. The highest BCUT2D eigenvalue weighted by Crippen LogP contribution is 1.96. The second kappa shape index (κ2) is 11.9. The van der Waals surface area contributed by atoms with Crippen LogP contribution in [-0.2, 0) is 14.2 Å². The molecule has 1 unspecified atom stereocenters. The van der Waals surface area contributed by atoms with Crippen molar-refractivity contribution in [1.82, 2.24) is 5.32 Å². The van der Waals surface area contributed by atoms with Crippen LogP contribution >= 0.6 is 0 Å². The van der Waals surface area contributed by atoms with Crippen molar-refractivity contribution in [3.05, 3.63) is 0 Å². The molecule has 0 aliphatic heterocycles. The molecule has 4 heteroatoms. The molecular weight excluding hydrogens is 194 g/mol. The Morgan fingerprint density at radius 1 is 1.07 bits per heavy atom. The van der Waals surface area contributed by atoms with Crippen molar-refractivity contribution in [3.63, 3.8) is 0 Å². The molecule has 0 amide bonds. The van der Waals surface area contributed by atoms with Crippen molar-refractivity contribution < 1.29 is 14.2 Å². The number of hydrogen-bond donors (Lipinski definition) is 1. The Bertz CT molecular complexity index is 122. The van der Waals surface area contributed by atoms with Crippen molar-refractivity contribution in [2.24, 2.45) is 0 Å². The first-order valence-corrected chi connectivity index (χ1v) is 5.74. The van der Waals surface area contributed by atoms with E-state index in [9.17, 15) is 0 Å². The van der Waals surface area contributed by atoms with Gasteiger partial charge in [0.25, 0.3) is 0 Å². The van der Waals surface area contributed by atoms with Gasteiger partial charge in [0.15, 0.2) is 0 Å². The largest absolute Gasteiger partial charge is 0.382 e. The van der Waals surface area contributed by atoms with E-state index in [1.807, 2.05) is 0 Å². The Hall–Kier alpha value is -0.160. The van der Waals surface area contributed by atoms with Gasteiger partial charge in [-0.25, -0.2) is 0 Å². The number of hydrogen-bond acceptors (Lipinski definition) is 4. The van der Waals surface area contributed by atoms with Crippen molar-refractivity contribution in [2.75, 3.05) is 46.6 Å². The molecule has 4 nitrogen and oxygen atoms in total. The first-order valence-electron chi connectivity index (χ1n) is 5.74. The smallest absolute Gasteiger partial charge is 0.0704 e. The molecule has 0 aromatic carbocycles. The summed E-state index contributed by atoms with van der Waals surface area (Å²) in [6.07, 6.45) is 1.33. The van der Waals surface area contributed by atoms with E-state index < -0.39 is 0 Å². The van der Waals surface area contributed by atoms with Crippen LogP contribution in [0, 0.1) is 0 Å². The van der Waals surface area contributed by atoms with Gasteiger partial charge in [0.2, 0.25) is 0 Å². The van der Waals surface area contributed by atoms with Crippen molar-refractivity contribution in [2.45, 2.75) is 26.4 Å². The molecule has 15 heavy (non-hydrogen) atoms. The minimum Gasteiger partial charge on any atom is -0.382 e. The fourth-order valence-corrected chi connectivity index (χ4v) is 1.14. The second-order valence-corrected chi connectivity index (χ2v) is 3.31. The Morgan fingerprint density at radius 2 is 1.80 bits per heavy atom. The SMILES string of the molecule is CCNCC(CC)OCCOCCOC. The third kappa shape index (κ3) is 10.1. The second-order valence-electron chi connectivity index (χ2n) is 3.31. The number of likely N-dealkylation sites (N-methyl/N-ethyl adjacent to an activating group) is 1. The maximum absolute atomic E-state index is 5.65. The van der Waals surface area contributed by atoms with Gasteiger partial charge >= 0.3 is 0 Å². The molecule has 0 aliphatic carbocycles. The first-order chi connectivity index (χ1) is 7.35. The van der Waals surface area contributed by atoms with Gasteiger partial charge in [0.05, 0.1) is 32.5 Å². The van der Waals surface area contributed by atoms with E-state index in [4.69, 9.17) is 14.2 Å². The minimum atomic E-state index is 0.302. The lowest BCUT2D eigenvalue weighted by molar-refractivity contribution is -0.00678. The molecule has 0 fully saturated rings. The first kappa shape index (κ1) is 14.8. The summed E-state index contributed by atoms with van der Waals surface area (Å²) in [7, 11) is 1.67.